The van der Waals surface area contributed by atoms with Gasteiger partial charge >= 0.3 is 21.1 Å². The Bertz CT molecular complexity index is 1970. The van der Waals surface area contributed by atoms with E-state index in [2.05, 4.69) is 146 Å². The molecule has 8 aromatic rings. The number of benzene rings is 6. The number of hydrogen-bond donors (Lipinski definition) is 0. The Labute approximate surface area is 301 Å². The first-order valence-corrected chi connectivity index (χ1v) is 16.1. The number of aromatic nitrogens is 4. The summed E-state index contributed by atoms with van der Waals surface area (Å²) in [6, 6.07) is 70.0. The van der Waals surface area contributed by atoms with Crippen LogP contribution in [0.4, 0.5) is 0 Å². The van der Waals surface area contributed by atoms with Gasteiger partial charge in [-0.05, 0) is 45.8 Å². The second-order valence-corrected chi connectivity index (χ2v) is 11.8. The Morgan fingerprint density at radius 3 is 0.959 bits per heavy atom. The minimum atomic E-state index is -0.919. The van der Waals surface area contributed by atoms with E-state index in [-0.39, 0.29) is 21.1 Å². The summed E-state index contributed by atoms with van der Waals surface area (Å²) in [5.41, 5.74) is 6.02. The van der Waals surface area contributed by atoms with Crippen molar-refractivity contribution in [3.8, 4) is 11.4 Å². The molecule has 0 unspecified atom stereocenters. The molecule has 49 heavy (non-hydrogen) atoms. The predicted octanol–water partition coefficient (Wildman–Crippen LogP) is 9.02. The van der Waals surface area contributed by atoms with Gasteiger partial charge in [0, 0.05) is 12.4 Å². The van der Waals surface area contributed by atoms with Gasteiger partial charge in [0.15, 0.2) is 0 Å². The van der Waals surface area contributed by atoms with Gasteiger partial charge in [0.2, 0.25) is 0 Å². The average Bonchev–Trinajstić information content (AvgIpc) is 3.88. The Hall–Kier alpha value is -5.57. The fraction of sp³-hybridized carbons (Fsp3) is 0.0455. The van der Waals surface area contributed by atoms with Gasteiger partial charge in [-0.1, -0.05) is 121 Å². The molecular weight excluding hydrogens is 780 g/mol. The van der Waals surface area contributed by atoms with E-state index in [1.54, 1.807) is 0 Å². The average molecular weight is 812 g/mol. The topological polar surface area (TPSA) is 35.6 Å². The molecule has 0 saturated heterocycles. The van der Waals surface area contributed by atoms with Crippen molar-refractivity contribution in [3.05, 3.63) is 240 Å². The summed E-state index contributed by atoms with van der Waals surface area (Å²) in [5.74, 6) is 0. The molecule has 0 saturated carbocycles. The molecule has 0 atom stereocenters. The van der Waals surface area contributed by atoms with E-state index in [4.69, 9.17) is 10.2 Å². The molecular formula is C44H32N4Pt. The van der Waals surface area contributed by atoms with Crippen LogP contribution in [0.2, 0.25) is 0 Å². The summed E-state index contributed by atoms with van der Waals surface area (Å²) in [6.45, 7) is 0. The maximum absolute atomic E-state index is 5.46. The molecule has 8 rings (SSSR count). The zero-order chi connectivity index (χ0) is 32.2. The molecule has 2 aromatic heterocycles. The molecule has 0 amide bonds. The van der Waals surface area contributed by atoms with Crippen molar-refractivity contribution in [2.75, 3.05) is 0 Å². The van der Waals surface area contributed by atoms with Crippen LogP contribution in [0.3, 0.4) is 0 Å². The largest absolute Gasteiger partial charge is 2.00 e. The summed E-state index contributed by atoms with van der Waals surface area (Å²) >= 11 is 0. The van der Waals surface area contributed by atoms with E-state index in [0.717, 1.165) is 45.0 Å². The Kier molecular flexibility index (Phi) is 9.07. The van der Waals surface area contributed by atoms with Crippen molar-refractivity contribution >= 4 is 0 Å². The van der Waals surface area contributed by atoms with Crippen LogP contribution in [0.15, 0.2) is 194 Å². The minimum Gasteiger partial charge on any atom is -0.265 e. The predicted molar refractivity (Wildman–Crippen MR) is 190 cm³/mol. The third kappa shape index (κ3) is 5.39. The van der Waals surface area contributed by atoms with E-state index in [1.165, 1.54) is 0 Å². The molecule has 5 heteroatoms. The van der Waals surface area contributed by atoms with Crippen LogP contribution in [0.5, 0.6) is 0 Å². The molecule has 0 aliphatic rings. The zero-order valence-corrected chi connectivity index (χ0v) is 28.9. The Morgan fingerprint density at radius 2 is 0.673 bits per heavy atom. The van der Waals surface area contributed by atoms with Crippen LogP contribution >= 0.6 is 0 Å². The first kappa shape index (κ1) is 32.0. The first-order chi connectivity index (χ1) is 23.8. The standard InChI is InChI=1S/C44H32N4.Pt/c1-7-19-35(20-8-1)43(36-21-9-2-10-22-36,41-31-33-47(45-41)39-27-15-5-16-28-39)44(37-23-11-3-12-24-37,38-25-13-4-14-26-38)42-32-34-48(46-42)40-29-17-6-18-30-40;/h1-27,29,31-34H;/q-2;+2. The van der Waals surface area contributed by atoms with E-state index < -0.39 is 10.8 Å². The molecule has 0 spiro atoms. The maximum Gasteiger partial charge on any atom is 2.00 e. The van der Waals surface area contributed by atoms with Crippen molar-refractivity contribution in [3.63, 3.8) is 0 Å². The van der Waals surface area contributed by atoms with Crippen molar-refractivity contribution in [1.29, 1.82) is 0 Å². The van der Waals surface area contributed by atoms with E-state index in [0.29, 0.717) is 0 Å². The second kappa shape index (κ2) is 13.9. The monoisotopic (exact) mass is 811 g/mol. The summed E-state index contributed by atoms with van der Waals surface area (Å²) in [7, 11) is 0. The molecule has 6 aromatic carbocycles. The van der Waals surface area contributed by atoms with Gasteiger partial charge in [-0.3, -0.25) is 9.36 Å². The number of para-hydroxylation sites is 2. The Balaban J connectivity index is 0.00000378. The number of hydrogen-bond acceptors (Lipinski definition) is 2. The van der Waals surface area contributed by atoms with Crippen LogP contribution in [-0.2, 0) is 31.9 Å². The molecule has 4 nitrogen and oxygen atoms in total. The fourth-order valence-corrected chi connectivity index (χ4v) is 7.30. The van der Waals surface area contributed by atoms with Gasteiger partial charge in [0.25, 0.3) is 0 Å². The van der Waals surface area contributed by atoms with Crippen molar-refractivity contribution in [2.45, 2.75) is 10.8 Å². The minimum absolute atomic E-state index is 0. The molecule has 0 N–H and O–H groups in total. The van der Waals surface area contributed by atoms with E-state index in [9.17, 15) is 0 Å². The summed E-state index contributed by atoms with van der Waals surface area (Å²) in [4.78, 5) is 0. The quantitative estimate of drug-likeness (QED) is 0.137. The van der Waals surface area contributed by atoms with Crippen LogP contribution in [0.1, 0.15) is 33.6 Å². The van der Waals surface area contributed by atoms with E-state index in [1.807, 2.05) is 70.3 Å². The SMILES string of the molecule is [Pt+2].[c-]1ccccc1-n1ccc(C(c2ccccc2)(c2ccccc2)C(c2ccccc2)(c2ccccc2)c2ccn(-c3[c-]cccc3)n2)n1. The van der Waals surface area contributed by atoms with Gasteiger partial charge in [-0.25, -0.2) is 0 Å². The first-order valence-electron chi connectivity index (χ1n) is 16.1. The summed E-state index contributed by atoms with van der Waals surface area (Å²) in [5, 5.41) is 10.9. The molecule has 238 valence electrons. The summed E-state index contributed by atoms with van der Waals surface area (Å²) in [6.07, 6.45) is 4.08. The normalized spacial score (nSPS) is 11.5. The van der Waals surface area contributed by atoms with E-state index >= 15 is 0 Å². The van der Waals surface area contributed by atoms with Crippen LogP contribution in [0, 0.1) is 12.1 Å². The fourth-order valence-electron chi connectivity index (χ4n) is 7.30. The smallest absolute Gasteiger partial charge is 0.265 e. The summed E-state index contributed by atoms with van der Waals surface area (Å²) < 4.78 is 3.85. The molecule has 0 fully saturated rings. The van der Waals surface area contributed by atoms with Crippen molar-refractivity contribution in [2.24, 2.45) is 0 Å². The van der Waals surface area contributed by atoms with Crippen LogP contribution in [0.25, 0.3) is 11.4 Å². The van der Waals surface area contributed by atoms with Crippen LogP contribution < -0.4 is 0 Å². The molecule has 0 bridgehead atoms. The number of rotatable bonds is 9. The van der Waals surface area contributed by atoms with Crippen molar-refractivity contribution < 1.29 is 21.1 Å². The zero-order valence-electron chi connectivity index (χ0n) is 26.6. The third-order valence-corrected chi connectivity index (χ3v) is 9.22. The van der Waals surface area contributed by atoms with Crippen molar-refractivity contribution in [1.82, 2.24) is 19.6 Å². The molecule has 0 aliphatic heterocycles. The van der Waals surface area contributed by atoms with Gasteiger partial charge in [-0.2, -0.15) is 58.7 Å². The maximum atomic E-state index is 5.46. The molecule has 0 radical (unpaired) electrons. The van der Waals surface area contributed by atoms with Gasteiger partial charge < -0.3 is 0 Å². The molecule has 2 heterocycles. The van der Waals surface area contributed by atoms with Gasteiger partial charge in [0.1, 0.15) is 0 Å². The van der Waals surface area contributed by atoms with Gasteiger partial charge in [-0.15, -0.1) is 12.1 Å². The third-order valence-electron chi connectivity index (χ3n) is 9.22. The Morgan fingerprint density at radius 1 is 0.367 bits per heavy atom. The van der Waals surface area contributed by atoms with Crippen LogP contribution in [-0.4, -0.2) is 19.6 Å². The number of nitrogens with zero attached hydrogens (tertiary/aromatic N) is 4. The van der Waals surface area contributed by atoms with Gasteiger partial charge in [0.05, 0.1) is 22.2 Å². The second-order valence-electron chi connectivity index (χ2n) is 11.8. The molecule has 0 aliphatic carbocycles.